The lowest BCUT2D eigenvalue weighted by Crippen LogP contribution is -2.04. The Hall–Kier alpha value is -2.57. The molecule has 0 radical (unpaired) electrons. The summed E-state index contributed by atoms with van der Waals surface area (Å²) in [6, 6.07) is 7.78. The Morgan fingerprint density at radius 2 is 2.00 bits per heavy atom. The van der Waals surface area contributed by atoms with Crippen LogP contribution >= 0.6 is 0 Å². The molecule has 0 N–H and O–H groups in total. The number of alkyl halides is 3. The molecule has 0 aliphatic carbocycles. The molecule has 4 nitrogen and oxygen atoms in total. The standard InChI is InChI=1S/C14H9F3N2O2/c1-20-10-4-2-3-8(5-10)12-19-11-6-9(14(15,16)17)7-18-13(11)21-12/h2-7H,1H3. The second-order valence-corrected chi connectivity index (χ2v) is 4.30. The van der Waals surface area contributed by atoms with Crippen LogP contribution in [0.15, 0.2) is 40.9 Å². The van der Waals surface area contributed by atoms with E-state index in [1.807, 2.05) is 0 Å². The van der Waals surface area contributed by atoms with Crippen molar-refractivity contribution in [1.82, 2.24) is 9.97 Å². The van der Waals surface area contributed by atoms with Gasteiger partial charge in [0.25, 0.3) is 0 Å². The van der Waals surface area contributed by atoms with Gasteiger partial charge in [-0.2, -0.15) is 13.2 Å². The summed E-state index contributed by atoms with van der Waals surface area (Å²) in [6.45, 7) is 0. The van der Waals surface area contributed by atoms with Crippen LogP contribution in [0.2, 0.25) is 0 Å². The van der Waals surface area contributed by atoms with E-state index in [1.54, 1.807) is 24.3 Å². The molecule has 3 aromatic rings. The Balaban J connectivity index is 2.08. The topological polar surface area (TPSA) is 48.2 Å². The maximum atomic E-state index is 12.6. The minimum absolute atomic E-state index is 0.0563. The molecule has 1 aromatic carbocycles. The smallest absolute Gasteiger partial charge is 0.417 e. The van der Waals surface area contributed by atoms with Crippen molar-refractivity contribution in [3.05, 3.63) is 42.1 Å². The molecule has 108 valence electrons. The van der Waals surface area contributed by atoms with E-state index in [-0.39, 0.29) is 17.1 Å². The van der Waals surface area contributed by atoms with Crippen molar-refractivity contribution in [3.8, 4) is 17.2 Å². The average molecular weight is 294 g/mol. The van der Waals surface area contributed by atoms with E-state index in [4.69, 9.17) is 9.15 Å². The van der Waals surface area contributed by atoms with Gasteiger partial charge in [0.05, 0.1) is 12.7 Å². The van der Waals surface area contributed by atoms with Gasteiger partial charge in [-0.05, 0) is 24.3 Å². The average Bonchev–Trinajstić information content (AvgIpc) is 2.89. The Labute approximate surface area is 117 Å². The number of benzene rings is 1. The normalized spacial score (nSPS) is 11.8. The Morgan fingerprint density at radius 1 is 1.19 bits per heavy atom. The fourth-order valence-electron chi connectivity index (χ4n) is 1.86. The van der Waals surface area contributed by atoms with Crippen LogP contribution in [0.4, 0.5) is 13.2 Å². The summed E-state index contributed by atoms with van der Waals surface area (Å²) in [5, 5.41) is 0. The van der Waals surface area contributed by atoms with Crippen LogP contribution in [0.25, 0.3) is 22.7 Å². The first kappa shape index (κ1) is 13.4. The lowest BCUT2D eigenvalue weighted by Gasteiger charge is -2.03. The van der Waals surface area contributed by atoms with Crippen LogP contribution in [0.5, 0.6) is 5.75 Å². The highest BCUT2D eigenvalue weighted by molar-refractivity contribution is 5.73. The van der Waals surface area contributed by atoms with Gasteiger partial charge in [0.1, 0.15) is 11.3 Å². The SMILES string of the molecule is COc1cccc(-c2nc3cc(C(F)(F)F)cnc3o2)c1. The molecule has 0 aliphatic heterocycles. The number of pyridine rings is 1. The number of ether oxygens (including phenoxy) is 1. The number of hydrogen-bond acceptors (Lipinski definition) is 4. The number of oxazole rings is 1. The van der Waals surface area contributed by atoms with Crippen molar-refractivity contribution in [2.75, 3.05) is 7.11 Å². The summed E-state index contributed by atoms with van der Waals surface area (Å²) in [6.07, 6.45) is -3.74. The number of fused-ring (bicyclic) bond motifs is 1. The molecule has 0 unspecified atom stereocenters. The maximum absolute atomic E-state index is 12.6. The third-order valence-electron chi connectivity index (χ3n) is 2.89. The van der Waals surface area contributed by atoms with E-state index in [2.05, 4.69) is 9.97 Å². The molecule has 0 atom stereocenters. The molecule has 2 aromatic heterocycles. The van der Waals surface area contributed by atoms with E-state index in [1.165, 1.54) is 7.11 Å². The van der Waals surface area contributed by atoms with Gasteiger partial charge in [-0.25, -0.2) is 9.97 Å². The van der Waals surface area contributed by atoms with Crippen LogP contribution in [-0.4, -0.2) is 17.1 Å². The van der Waals surface area contributed by atoms with E-state index in [0.29, 0.717) is 11.3 Å². The van der Waals surface area contributed by atoms with Crippen molar-refractivity contribution >= 4 is 11.2 Å². The number of hydrogen-bond donors (Lipinski definition) is 0. The summed E-state index contributed by atoms with van der Waals surface area (Å²) in [4.78, 5) is 7.70. The van der Waals surface area contributed by atoms with Crippen molar-refractivity contribution in [2.45, 2.75) is 6.18 Å². The van der Waals surface area contributed by atoms with Crippen molar-refractivity contribution in [3.63, 3.8) is 0 Å². The Kier molecular flexibility index (Phi) is 3.04. The fraction of sp³-hybridized carbons (Fsp3) is 0.143. The fourth-order valence-corrected chi connectivity index (χ4v) is 1.86. The van der Waals surface area contributed by atoms with Crippen molar-refractivity contribution in [1.29, 1.82) is 0 Å². The quantitative estimate of drug-likeness (QED) is 0.718. The van der Waals surface area contributed by atoms with E-state index < -0.39 is 11.7 Å². The second kappa shape index (κ2) is 4.76. The van der Waals surface area contributed by atoms with Crippen molar-refractivity contribution in [2.24, 2.45) is 0 Å². The van der Waals surface area contributed by atoms with Crippen LogP contribution in [0.1, 0.15) is 5.56 Å². The molecule has 2 heterocycles. The van der Waals surface area contributed by atoms with Gasteiger partial charge in [0.15, 0.2) is 0 Å². The lowest BCUT2D eigenvalue weighted by atomic mass is 10.2. The maximum Gasteiger partial charge on any atom is 0.417 e. The zero-order chi connectivity index (χ0) is 15.0. The first-order valence-electron chi connectivity index (χ1n) is 5.95. The molecule has 0 saturated carbocycles. The number of methoxy groups -OCH3 is 1. The summed E-state index contributed by atoms with van der Waals surface area (Å²) in [7, 11) is 1.52. The minimum Gasteiger partial charge on any atom is -0.497 e. The van der Waals surface area contributed by atoms with Crippen LogP contribution in [0, 0.1) is 0 Å². The number of halogens is 3. The zero-order valence-electron chi connectivity index (χ0n) is 10.8. The number of aromatic nitrogens is 2. The van der Waals surface area contributed by atoms with Crippen LogP contribution in [-0.2, 0) is 6.18 Å². The highest BCUT2D eigenvalue weighted by Crippen LogP contribution is 2.32. The molecular weight excluding hydrogens is 285 g/mol. The molecule has 21 heavy (non-hydrogen) atoms. The summed E-state index contributed by atoms with van der Waals surface area (Å²) in [5.41, 5.74) is -0.148. The van der Waals surface area contributed by atoms with Gasteiger partial charge in [-0.1, -0.05) is 6.07 Å². The third kappa shape index (κ3) is 2.54. The highest BCUT2D eigenvalue weighted by Gasteiger charge is 2.31. The predicted octanol–water partition coefficient (Wildman–Crippen LogP) is 3.92. The van der Waals surface area contributed by atoms with Gasteiger partial charge in [0, 0.05) is 11.8 Å². The molecular formula is C14H9F3N2O2. The zero-order valence-corrected chi connectivity index (χ0v) is 10.8. The minimum atomic E-state index is -4.46. The van der Waals surface area contributed by atoms with Gasteiger partial charge in [-0.15, -0.1) is 0 Å². The van der Waals surface area contributed by atoms with Gasteiger partial charge >= 0.3 is 6.18 Å². The van der Waals surface area contributed by atoms with Gasteiger partial charge < -0.3 is 9.15 Å². The predicted molar refractivity (Wildman–Crippen MR) is 68.8 cm³/mol. The van der Waals surface area contributed by atoms with Crippen LogP contribution in [0.3, 0.4) is 0 Å². The third-order valence-corrected chi connectivity index (χ3v) is 2.89. The number of nitrogens with zero attached hydrogens (tertiary/aromatic N) is 2. The summed E-state index contributed by atoms with van der Waals surface area (Å²) in [5.74, 6) is 0.787. The van der Waals surface area contributed by atoms with Gasteiger partial charge in [0.2, 0.25) is 11.6 Å². The molecule has 0 aliphatic rings. The molecule has 0 bridgehead atoms. The van der Waals surface area contributed by atoms with Gasteiger partial charge in [-0.3, -0.25) is 0 Å². The second-order valence-electron chi connectivity index (χ2n) is 4.30. The molecule has 3 rings (SSSR count). The summed E-state index contributed by atoms with van der Waals surface area (Å²) >= 11 is 0. The largest absolute Gasteiger partial charge is 0.497 e. The number of rotatable bonds is 2. The van der Waals surface area contributed by atoms with Crippen LogP contribution < -0.4 is 4.74 Å². The Bertz CT molecular complexity index is 796. The Morgan fingerprint density at radius 3 is 2.71 bits per heavy atom. The molecule has 7 heteroatoms. The molecule has 0 saturated heterocycles. The highest BCUT2D eigenvalue weighted by atomic mass is 19.4. The molecule has 0 spiro atoms. The first-order chi connectivity index (χ1) is 9.97. The van der Waals surface area contributed by atoms with Crippen molar-refractivity contribution < 1.29 is 22.3 Å². The van der Waals surface area contributed by atoms with E-state index in [9.17, 15) is 13.2 Å². The summed E-state index contributed by atoms with van der Waals surface area (Å²) < 4.78 is 48.3. The first-order valence-corrected chi connectivity index (χ1v) is 5.95. The van der Waals surface area contributed by atoms with E-state index in [0.717, 1.165) is 12.3 Å². The monoisotopic (exact) mass is 294 g/mol. The van der Waals surface area contributed by atoms with E-state index >= 15 is 0 Å². The lowest BCUT2D eigenvalue weighted by molar-refractivity contribution is -0.137. The molecule has 0 amide bonds. The molecule has 0 fully saturated rings.